The van der Waals surface area contributed by atoms with Crippen molar-refractivity contribution in [2.75, 3.05) is 5.32 Å². The Labute approximate surface area is 209 Å². The molecular formula is C25H15Cl3N2O4. The van der Waals surface area contributed by atoms with Gasteiger partial charge in [-0.05, 0) is 60.7 Å². The lowest BCUT2D eigenvalue weighted by atomic mass is 10.0. The van der Waals surface area contributed by atoms with Crippen molar-refractivity contribution in [1.82, 2.24) is 4.57 Å². The molecule has 0 fully saturated rings. The van der Waals surface area contributed by atoms with Gasteiger partial charge in [0.2, 0.25) is 0 Å². The Morgan fingerprint density at radius 3 is 2.18 bits per heavy atom. The minimum atomic E-state index is -0.743. The highest BCUT2D eigenvalue weighted by Gasteiger charge is 2.21. The summed E-state index contributed by atoms with van der Waals surface area (Å²) >= 11 is 18.1. The van der Waals surface area contributed by atoms with Crippen LogP contribution in [-0.4, -0.2) is 21.4 Å². The first-order valence-corrected chi connectivity index (χ1v) is 11.0. The number of nitrogens with zero attached hydrogens (tertiary/aromatic N) is 1. The Morgan fingerprint density at radius 2 is 1.47 bits per heavy atom. The maximum Gasteiger partial charge on any atom is 0.267 e. The molecule has 4 aromatic rings. The van der Waals surface area contributed by atoms with Crippen LogP contribution in [-0.2, 0) is 0 Å². The lowest BCUT2D eigenvalue weighted by molar-refractivity contribution is 0.102. The number of anilines is 1. The van der Waals surface area contributed by atoms with Crippen LogP contribution in [0.3, 0.4) is 0 Å². The van der Waals surface area contributed by atoms with Gasteiger partial charge in [-0.3, -0.25) is 19.0 Å². The molecule has 3 aromatic carbocycles. The first-order valence-electron chi connectivity index (χ1n) is 9.86. The number of phenolic OH excluding ortho intramolecular Hbond substituents is 1. The molecule has 1 aromatic heterocycles. The van der Waals surface area contributed by atoms with Gasteiger partial charge in [-0.15, -0.1) is 0 Å². The minimum Gasteiger partial charge on any atom is -0.507 e. The van der Waals surface area contributed by atoms with Crippen molar-refractivity contribution in [2.24, 2.45) is 0 Å². The lowest BCUT2D eigenvalue weighted by Crippen LogP contribution is -2.29. The van der Waals surface area contributed by atoms with Gasteiger partial charge >= 0.3 is 0 Å². The Balaban J connectivity index is 1.87. The lowest BCUT2D eigenvalue weighted by Gasteiger charge is -2.13. The molecule has 0 spiro atoms. The molecule has 34 heavy (non-hydrogen) atoms. The zero-order chi connectivity index (χ0) is 24.4. The maximum atomic E-state index is 13.3. The fourth-order valence-electron chi connectivity index (χ4n) is 3.30. The van der Waals surface area contributed by atoms with E-state index in [-0.39, 0.29) is 27.5 Å². The molecule has 0 unspecified atom stereocenters. The molecule has 0 saturated carbocycles. The van der Waals surface area contributed by atoms with Gasteiger partial charge in [-0.25, -0.2) is 0 Å². The third-order valence-electron chi connectivity index (χ3n) is 4.90. The number of carbonyl (C=O) groups excluding carboxylic acids is 2. The smallest absolute Gasteiger partial charge is 0.267 e. The summed E-state index contributed by atoms with van der Waals surface area (Å²) in [4.78, 5) is 39.6. The first kappa shape index (κ1) is 23.6. The van der Waals surface area contributed by atoms with Crippen molar-refractivity contribution in [3.05, 3.63) is 121 Å². The average Bonchev–Trinajstić information content (AvgIpc) is 2.80. The summed E-state index contributed by atoms with van der Waals surface area (Å²) in [6.45, 7) is 0. The van der Waals surface area contributed by atoms with Gasteiger partial charge in [0.15, 0.2) is 5.78 Å². The summed E-state index contributed by atoms with van der Waals surface area (Å²) in [5, 5.41) is 13.8. The number of ketones is 1. The molecule has 4 rings (SSSR count). The molecule has 6 nitrogen and oxygen atoms in total. The number of aromatic hydroxyl groups is 1. The molecule has 2 N–H and O–H groups in total. The number of amides is 1. The number of halogens is 3. The average molecular weight is 514 g/mol. The van der Waals surface area contributed by atoms with E-state index in [9.17, 15) is 19.5 Å². The highest BCUT2D eigenvalue weighted by Crippen LogP contribution is 2.25. The van der Waals surface area contributed by atoms with Crippen LogP contribution in [0.25, 0.3) is 5.69 Å². The number of benzene rings is 3. The Hall–Kier alpha value is -3.58. The number of carbonyl (C=O) groups is 2. The number of hydrogen-bond donors (Lipinski definition) is 2. The topological polar surface area (TPSA) is 88.4 Å². The van der Waals surface area contributed by atoms with Crippen LogP contribution >= 0.6 is 34.8 Å². The molecular weight excluding hydrogens is 499 g/mol. The van der Waals surface area contributed by atoms with E-state index in [1.807, 2.05) is 0 Å². The first-order chi connectivity index (χ1) is 16.2. The summed E-state index contributed by atoms with van der Waals surface area (Å²) in [6.07, 6.45) is 1.28. The predicted molar refractivity (Wildman–Crippen MR) is 133 cm³/mol. The largest absolute Gasteiger partial charge is 0.507 e. The van der Waals surface area contributed by atoms with Gasteiger partial charge in [0.05, 0.1) is 11.3 Å². The third kappa shape index (κ3) is 4.99. The zero-order valence-corrected chi connectivity index (χ0v) is 19.5. The fraction of sp³-hybridized carbons (Fsp3) is 0. The van der Waals surface area contributed by atoms with E-state index in [2.05, 4.69) is 5.32 Å². The second-order valence-electron chi connectivity index (χ2n) is 7.25. The van der Waals surface area contributed by atoms with Crippen LogP contribution in [0, 0.1) is 0 Å². The summed E-state index contributed by atoms with van der Waals surface area (Å²) in [7, 11) is 0. The molecule has 0 radical (unpaired) electrons. The number of phenols is 1. The summed E-state index contributed by atoms with van der Waals surface area (Å²) < 4.78 is 1.15. The number of aromatic nitrogens is 1. The number of nitrogens with one attached hydrogen (secondary N) is 1. The molecule has 1 heterocycles. The van der Waals surface area contributed by atoms with Crippen LogP contribution < -0.4 is 10.9 Å². The van der Waals surface area contributed by atoms with Gasteiger partial charge in [0, 0.05) is 32.5 Å². The van der Waals surface area contributed by atoms with E-state index in [0.717, 1.165) is 4.57 Å². The van der Waals surface area contributed by atoms with Crippen molar-refractivity contribution >= 4 is 52.2 Å². The van der Waals surface area contributed by atoms with Crippen LogP contribution in [0.4, 0.5) is 5.69 Å². The van der Waals surface area contributed by atoms with E-state index in [0.29, 0.717) is 21.4 Å². The van der Waals surface area contributed by atoms with Gasteiger partial charge in [0.1, 0.15) is 11.3 Å². The SMILES string of the molecule is O=C(c1cc(C(=O)Nc2cccc(Cl)c2)c(=O)n(-c2cccc(Cl)c2)c1)c1cc(Cl)ccc1O. The molecule has 0 bridgehead atoms. The van der Waals surface area contributed by atoms with Crippen molar-refractivity contribution in [2.45, 2.75) is 0 Å². The highest BCUT2D eigenvalue weighted by molar-refractivity contribution is 6.31. The van der Waals surface area contributed by atoms with E-state index < -0.39 is 17.2 Å². The standard InChI is InChI=1S/C25H15Cl3N2O4/c26-15-3-1-5-18(10-15)29-24(33)21-9-14(23(32)20-12-17(28)7-8-22(20)31)13-30(25(21)34)19-6-2-4-16(27)11-19/h1-13,31H,(H,29,33). The molecule has 0 aliphatic heterocycles. The van der Waals surface area contributed by atoms with Crippen molar-refractivity contribution in [3.8, 4) is 11.4 Å². The Kier molecular flexibility index (Phi) is 6.75. The Morgan fingerprint density at radius 1 is 0.794 bits per heavy atom. The molecule has 170 valence electrons. The van der Waals surface area contributed by atoms with Crippen molar-refractivity contribution in [1.29, 1.82) is 0 Å². The van der Waals surface area contributed by atoms with Crippen LogP contribution in [0.1, 0.15) is 26.3 Å². The summed E-state index contributed by atoms with van der Waals surface area (Å²) in [6, 6.07) is 18.0. The number of pyridine rings is 1. The van der Waals surface area contributed by atoms with Crippen molar-refractivity contribution in [3.63, 3.8) is 0 Å². The van der Waals surface area contributed by atoms with E-state index in [4.69, 9.17) is 34.8 Å². The highest BCUT2D eigenvalue weighted by atomic mass is 35.5. The second-order valence-corrected chi connectivity index (χ2v) is 8.56. The third-order valence-corrected chi connectivity index (χ3v) is 5.60. The van der Waals surface area contributed by atoms with Crippen LogP contribution in [0.15, 0.2) is 83.8 Å². The van der Waals surface area contributed by atoms with E-state index >= 15 is 0 Å². The Bertz CT molecular complexity index is 1500. The fourth-order valence-corrected chi connectivity index (χ4v) is 3.84. The van der Waals surface area contributed by atoms with Crippen molar-refractivity contribution < 1.29 is 14.7 Å². The normalized spacial score (nSPS) is 10.7. The molecule has 1 amide bonds. The van der Waals surface area contributed by atoms with Gasteiger partial charge in [-0.1, -0.05) is 46.9 Å². The van der Waals surface area contributed by atoms with Crippen LogP contribution in [0.5, 0.6) is 5.75 Å². The minimum absolute atomic E-state index is 0.0200. The monoisotopic (exact) mass is 512 g/mol. The van der Waals surface area contributed by atoms with Gasteiger partial charge in [0.25, 0.3) is 11.5 Å². The molecule has 0 saturated heterocycles. The maximum absolute atomic E-state index is 13.3. The molecule has 0 aliphatic rings. The molecule has 9 heteroatoms. The quantitative estimate of drug-likeness (QED) is 0.321. The summed E-state index contributed by atoms with van der Waals surface area (Å²) in [5.41, 5.74) is -0.353. The van der Waals surface area contributed by atoms with Gasteiger partial charge in [-0.2, -0.15) is 0 Å². The van der Waals surface area contributed by atoms with Crippen LogP contribution in [0.2, 0.25) is 15.1 Å². The molecule has 0 atom stereocenters. The molecule has 0 aliphatic carbocycles. The van der Waals surface area contributed by atoms with E-state index in [1.165, 1.54) is 42.6 Å². The number of hydrogen-bond acceptors (Lipinski definition) is 4. The predicted octanol–water partition coefficient (Wildman–Crippen LogP) is 5.99. The number of rotatable bonds is 5. The summed E-state index contributed by atoms with van der Waals surface area (Å²) in [5.74, 6) is -1.67. The van der Waals surface area contributed by atoms with E-state index in [1.54, 1.807) is 36.4 Å². The second kappa shape index (κ2) is 9.73. The zero-order valence-electron chi connectivity index (χ0n) is 17.3. The van der Waals surface area contributed by atoms with Gasteiger partial charge < -0.3 is 10.4 Å².